The summed E-state index contributed by atoms with van der Waals surface area (Å²) in [5.41, 5.74) is 1.51. The van der Waals surface area contributed by atoms with E-state index in [1.54, 1.807) is 12.3 Å². The van der Waals surface area contributed by atoms with E-state index in [2.05, 4.69) is 28.5 Å². The molecule has 1 aliphatic rings. The molecule has 1 fully saturated rings. The molecule has 2 atom stereocenters. The fourth-order valence-electron chi connectivity index (χ4n) is 2.73. The summed E-state index contributed by atoms with van der Waals surface area (Å²) in [4.78, 5) is 18.2. The van der Waals surface area contributed by atoms with E-state index in [1.807, 2.05) is 6.07 Å². The average Bonchev–Trinajstić information content (AvgIpc) is 2.43. The zero-order valence-corrected chi connectivity index (χ0v) is 11.9. The second-order valence-electron chi connectivity index (χ2n) is 5.33. The number of likely N-dealkylation sites (tertiary alicyclic amines) is 1. The summed E-state index contributed by atoms with van der Waals surface area (Å²) < 4.78 is 4.67. The van der Waals surface area contributed by atoms with Gasteiger partial charge in [-0.3, -0.25) is 9.88 Å². The number of aromatic nitrogens is 1. The lowest BCUT2D eigenvalue weighted by molar-refractivity contribution is 0.0600. The molecule has 0 radical (unpaired) electrons. The van der Waals surface area contributed by atoms with E-state index < -0.39 is 0 Å². The van der Waals surface area contributed by atoms with Crippen LogP contribution in [0.5, 0.6) is 0 Å². The quantitative estimate of drug-likeness (QED) is 0.785. The van der Waals surface area contributed by atoms with Crippen LogP contribution in [0.4, 0.5) is 0 Å². The van der Waals surface area contributed by atoms with Gasteiger partial charge in [0, 0.05) is 24.8 Å². The summed E-state index contributed by atoms with van der Waals surface area (Å²) in [5.74, 6) is -0.334. The summed E-state index contributed by atoms with van der Waals surface area (Å²) in [7, 11) is 1.38. The molecular formula is C15H22N2O2. The van der Waals surface area contributed by atoms with E-state index in [1.165, 1.54) is 26.4 Å². The number of piperidine rings is 1. The summed E-state index contributed by atoms with van der Waals surface area (Å²) in [5, 5.41) is 0. The molecule has 0 amide bonds. The minimum atomic E-state index is -0.334. The van der Waals surface area contributed by atoms with Gasteiger partial charge in [0.25, 0.3) is 0 Å². The molecule has 104 valence electrons. The molecule has 0 aliphatic carbocycles. The number of pyridine rings is 1. The molecule has 1 aromatic heterocycles. The van der Waals surface area contributed by atoms with Crippen molar-refractivity contribution < 1.29 is 9.53 Å². The first kappa shape index (κ1) is 14.0. The third-order valence-corrected chi connectivity index (χ3v) is 3.97. The van der Waals surface area contributed by atoms with Crippen LogP contribution < -0.4 is 0 Å². The van der Waals surface area contributed by atoms with Crippen molar-refractivity contribution in [3.8, 4) is 0 Å². The Morgan fingerprint density at radius 1 is 1.37 bits per heavy atom. The molecule has 0 N–H and O–H groups in total. The van der Waals surface area contributed by atoms with Crippen molar-refractivity contribution in [3.05, 3.63) is 29.6 Å². The minimum Gasteiger partial charge on any atom is -0.465 e. The van der Waals surface area contributed by atoms with E-state index in [-0.39, 0.29) is 5.97 Å². The molecule has 0 saturated carbocycles. The van der Waals surface area contributed by atoms with Gasteiger partial charge in [-0.25, -0.2) is 4.79 Å². The van der Waals surface area contributed by atoms with E-state index in [0.29, 0.717) is 17.6 Å². The molecule has 2 unspecified atom stereocenters. The number of carbonyl (C=O) groups is 1. The van der Waals surface area contributed by atoms with Crippen LogP contribution in [-0.2, 0) is 11.3 Å². The lowest BCUT2D eigenvalue weighted by Crippen LogP contribution is -2.43. The maximum Gasteiger partial charge on any atom is 0.339 e. The second-order valence-corrected chi connectivity index (χ2v) is 5.33. The molecule has 4 heteroatoms. The number of rotatable bonds is 3. The van der Waals surface area contributed by atoms with Gasteiger partial charge in [0.1, 0.15) is 0 Å². The van der Waals surface area contributed by atoms with Crippen molar-refractivity contribution in [3.63, 3.8) is 0 Å². The van der Waals surface area contributed by atoms with Crippen molar-refractivity contribution >= 4 is 5.97 Å². The first-order valence-electron chi connectivity index (χ1n) is 6.91. The Hall–Kier alpha value is -1.42. The van der Waals surface area contributed by atoms with Crippen molar-refractivity contribution in [2.45, 2.75) is 51.7 Å². The molecule has 1 aromatic rings. The number of nitrogens with zero attached hydrogens (tertiary/aromatic N) is 2. The number of ether oxygens (including phenoxy) is 1. The Bertz CT molecular complexity index is 420. The standard InChI is InChI=1S/C15H22N2O2/c1-11-5-4-6-12(2)17(11)10-14-8-7-13(9-16-14)15(18)19-3/h7-9,11-12H,4-6,10H2,1-3H3. The van der Waals surface area contributed by atoms with Gasteiger partial charge in [-0.15, -0.1) is 0 Å². The van der Waals surface area contributed by atoms with Crippen molar-refractivity contribution in [2.24, 2.45) is 0 Å². The van der Waals surface area contributed by atoms with Crippen LogP contribution in [0.2, 0.25) is 0 Å². The van der Waals surface area contributed by atoms with Gasteiger partial charge in [-0.1, -0.05) is 6.42 Å². The Balaban J connectivity index is 2.04. The second kappa shape index (κ2) is 6.15. The average molecular weight is 262 g/mol. The molecule has 0 spiro atoms. The topological polar surface area (TPSA) is 42.4 Å². The van der Waals surface area contributed by atoms with Gasteiger partial charge < -0.3 is 4.74 Å². The molecule has 0 bridgehead atoms. The van der Waals surface area contributed by atoms with Gasteiger partial charge in [-0.05, 0) is 38.8 Å². The lowest BCUT2D eigenvalue weighted by Gasteiger charge is -2.38. The van der Waals surface area contributed by atoms with Crippen molar-refractivity contribution in [1.29, 1.82) is 0 Å². The van der Waals surface area contributed by atoms with E-state index in [4.69, 9.17) is 0 Å². The maximum atomic E-state index is 11.3. The Morgan fingerprint density at radius 2 is 2.05 bits per heavy atom. The van der Waals surface area contributed by atoms with Gasteiger partial charge in [0.15, 0.2) is 0 Å². The normalized spacial score (nSPS) is 24.2. The van der Waals surface area contributed by atoms with Gasteiger partial charge >= 0.3 is 5.97 Å². The van der Waals surface area contributed by atoms with E-state index in [0.717, 1.165) is 12.2 Å². The number of carbonyl (C=O) groups excluding carboxylic acids is 1. The molecule has 1 aliphatic heterocycles. The van der Waals surface area contributed by atoms with Gasteiger partial charge in [0.2, 0.25) is 0 Å². The van der Waals surface area contributed by atoms with Crippen LogP contribution in [0, 0.1) is 0 Å². The van der Waals surface area contributed by atoms with Crippen LogP contribution in [-0.4, -0.2) is 35.0 Å². The third kappa shape index (κ3) is 3.32. The maximum absolute atomic E-state index is 11.3. The number of hydrogen-bond donors (Lipinski definition) is 0. The predicted octanol–water partition coefficient (Wildman–Crippen LogP) is 2.63. The summed E-state index contributed by atoms with van der Waals surface area (Å²) in [6.45, 7) is 5.40. The molecule has 0 aromatic carbocycles. The van der Waals surface area contributed by atoms with E-state index in [9.17, 15) is 4.79 Å². The predicted molar refractivity (Wildman–Crippen MR) is 73.9 cm³/mol. The largest absolute Gasteiger partial charge is 0.465 e. The zero-order valence-electron chi connectivity index (χ0n) is 11.9. The third-order valence-electron chi connectivity index (χ3n) is 3.97. The molecular weight excluding hydrogens is 240 g/mol. The van der Waals surface area contributed by atoms with E-state index >= 15 is 0 Å². The number of hydrogen-bond acceptors (Lipinski definition) is 4. The minimum absolute atomic E-state index is 0.334. The molecule has 2 rings (SSSR count). The van der Waals surface area contributed by atoms with Gasteiger partial charge in [-0.2, -0.15) is 0 Å². The Labute approximate surface area is 114 Å². The van der Waals surface area contributed by atoms with Crippen molar-refractivity contribution in [2.75, 3.05) is 7.11 Å². The molecule has 19 heavy (non-hydrogen) atoms. The molecule has 1 saturated heterocycles. The first-order valence-corrected chi connectivity index (χ1v) is 6.91. The van der Waals surface area contributed by atoms with Crippen LogP contribution in [0.1, 0.15) is 49.2 Å². The van der Waals surface area contributed by atoms with Crippen LogP contribution in [0.3, 0.4) is 0 Å². The summed E-state index contributed by atoms with van der Waals surface area (Å²) in [6, 6.07) is 4.91. The highest BCUT2D eigenvalue weighted by molar-refractivity contribution is 5.88. The summed E-state index contributed by atoms with van der Waals surface area (Å²) >= 11 is 0. The molecule has 4 nitrogen and oxygen atoms in total. The van der Waals surface area contributed by atoms with Crippen molar-refractivity contribution in [1.82, 2.24) is 9.88 Å². The van der Waals surface area contributed by atoms with Crippen LogP contribution in [0.25, 0.3) is 0 Å². The highest BCUT2D eigenvalue weighted by atomic mass is 16.5. The smallest absolute Gasteiger partial charge is 0.339 e. The summed E-state index contributed by atoms with van der Waals surface area (Å²) in [6.07, 6.45) is 5.42. The molecule has 2 heterocycles. The number of esters is 1. The lowest BCUT2D eigenvalue weighted by atomic mass is 9.97. The monoisotopic (exact) mass is 262 g/mol. The van der Waals surface area contributed by atoms with Crippen LogP contribution in [0.15, 0.2) is 18.3 Å². The highest BCUT2D eigenvalue weighted by Gasteiger charge is 2.24. The fraction of sp³-hybridized carbons (Fsp3) is 0.600. The SMILES string of the molecule is COC(=O)c1ccc(CN2C(C)CCCC2C)nc1. The highest BCUT2D eigenvalue weighted by Crippen LogP contribution is 2.24. The fourth-order valence-corrected chi connectivity index (χ4v) is 2.73. The zero-order chi connectivity index (χ0) is 13.8. The number of methoxy groups -OCH3 is 1. The Morgan fingerprint density at radius 3 is 2.58 bits per heavy atom. The first-order chi connectivity index (χ1) is 9.11. The van der Waals surface area contributed by atoms with Crippen LogP contribution >= 0.6 is 0 Å². The van der Waals surface area contributed by atoms with Gasteiger partial charge in [0.05, 0.1) is 18.4 Å². The Kier molecular flexibility index (Phi) is 4.53.